The first kappa shape index (κ1) is 19.1. The second-order valence-electron chi connectivity index (χ2n) is 7.09. The Labute approximate surface area is 168 Å². The molecule has 1 fully saturated rings. The number of rotatable bonds is 5. The molecule has 3 heterocycles. The van der Waals surface area contributed by atoms with Crippen LogP contribution >= 0.6 is 0 Å². The highest BCUT2D eigenvalue weighted by molar-refractivity contribution is 6.03. The first-order chi connectivity index (χ1) is 14.1. The number of para-hydroxylation sites is 1. The number of aromatic nitrogens is 2. The van der Waals surface area contributed by atoms with Crippen molar-refractivity contribution in [1.29, 1.82) is 0 Å². The van der Waals surface area contributed by atoms with Crippen LogP contribution in [0.1, 0.15) is 17.3 Å². The number of hydrogen-bond acceptors (Lipinski definition) is 7. The van der Waals surface area contributed by atoms with E-state index in [0.29, 0.717) is 30.4 Å². The number of benzene rings is 1. The number of aldehydes is 1. The summed E-state index contributed by atoms with van der Waals surface area (Å²) >= 11 is 0. The first-order valence-corrected chi connectivity index (χ1v) is 9.33. The summed E-state index contributed by atoms with van der Waals surface area (Å²) in [5.41, 5.74) is 1.60. The van der Waals surface area contributed by atoms with Crippen LogP contribution in [0.25, 0.3) is 0 Å². The number of methoxy groups -OCH3 is 2. The molecule has 0 bridgehead atoms. The summed E-state index contributed by atoms with van der Waals surface area (Å²) in [6.07, 6.45) is 1.56. The van der Waals surface area contributed by atoms with E-state index in [1.807, 2.05) is 24.3 Å². The zero-order valence-electron chi connectivity index (χ0n) is 16.6. The fraction of sp³-hybridized carbons (Fsp3) is 0.400. The van der Waals surface area contributed by atoms with Gasteiger partial charge in [0.2, 0.25) is 0 Å². The topological polar surface area (TPSA) is 88.1 Å². The number of nitrogens with zero attached hydrogens (tertiary/aromatic N) is 5. The summed E-state index contributed by atoms with van der Waals surface area (Å²) in [6, 6.07) is 7.59. The molecule has 0 aliphatic carbocycles. The summed E-state index contributed by atoms with van der Waals surface area (Å²) in [7, 11) is 4.94. The lowest BCUT2D eigenvalue weighted by atomic mass is 9.91. The molecule has 0 spiro atoms. The van der Waals surface area contributed by atoms with Crippen LogP contribution < -0.4 is 14.5 Å². The van der Waals surface area contributed by atoms with E-state index in [1.165, 1.54) is 4.90 Å². The minimum Gasteiger partial charge on any atom is -0.496 e. The zero-order chi connectivity index (χ0) is 20.5. The second-order valence-corrected chi connectivity index (χ2v) is 7.09. The molecule has 1 aromatic carbocycles. The number of anilines is 2. The van der Waals surface area contributed by atoms with Gasteiger partial charge in [0.25, 0.3) is 0 Å². The molecule has 1 atom stereocenters. The second kappa shape index (κ2) is 7.67. The molecular weight excluding hydrogens is 374 g/mol. The molecule has 0 radical (unpaired) electrons. The van der Waals surface area contributed by atoms with Gasteiger partial charge in [-0.2, -0.15) is 0 Å². The van der Waals surface area contributed by atoms with Crippen molar-refractivity contribution in [3.8, 4) is 5.75 Å². The van der Waals surface area contributed by atoms with Crippen LogP contribution in [0.5, 0.6) is 5.75 Å². The molecule has 1 unspecified atom stereocenters. The van der Waals surface area contributed by atoms with Crippen LogP contribution in [-0.4, -0.2) is 67.7 Å². The summed E-state index contributed by atoms with van der Waals surface area (Å²) in [6.45, 7) is 1.37. The van der Waals surface area contributed by atoms with Gasteiger partial charge in [-0.1, -0.05) is 18.2 Å². The summed E-state index contributed by atoms with van der Waals surface area (Å²) in [5.74, 6) is 2.06. The smallest absolute Gasteiger partial charge is 0.326 e. The third-order valence-corrected chi connectivity index (χ3v) is 5.39. The Morgan fingerprint density at radius 1 is 1.28 bits per heavy atom. The molecule has 2 aromatic rings. The van der Waals surface area contributed by atoms with Crippen molar-refractivity contribution in [2.75, 3.05) is 44.2 Å². The summed E-state index contributed by atoms with van der Waals surface area (Å²) in [4.78, 5) is 38.5. The van der Waals surface area contributed by atoms with E-state index in [0.717, 1.165) is 17.6 Å². The maximum atomic E-state index is 13.2. The van der Waals surface area contributed by atoms with Crippen molar-refractivity contribution in [3.63, 3.8) is 0 Å². The van der Waals surface area contributed by atoms with Gasteiger partial charge in [0.05, 0.1) is 13.3 Å². The van der Waals surface area contributed by atoms with Crippen molar-refractivity contribution in [2.24, 2.45) is 0 Å². The molecule has 29 heavy (non-hydrogen) atoms. The normalized spacial score (nSPS) is 18.4. The van der Waals surface area contributed by atoms with E-state index in [2.05, 4.69) is 9.97 Å². The highest BCUT2D eigenvalue weighted by atomic mass is 16.5. The molecule has 1 saturated heterocycles. The fourth-order valence-electron chi connectivity index (χ4n) is 3.83. The van der Waals surface area contributed by atoms with Gasteiger partial charge >= 0.3 is 6.03 Å². The number of amides is 2. The third-order valence-electron chi connectivity index (χ3n) is 5.39. The minimum absolute atomic E-state index is 0.199. The number of hydrogen-bond donors (Lipinski definition) is 0. The monoisotopic (exact) mass is 397 g/mol. The molecule has 4 rings (SSSR count). The maximum Gasteiger partial charge on any atom is 0.326 e. The van der Waals surface area contributed by atoms with Crippen molar-refractivity contribution in [3.05, 3.63) is 41.9 Å². The molecule has 1 aromatic heterocycles. The standard InChI is InChI=1S/C20H23N5O4/c1-23-18(11-26)25(15-8-21-17(12-28-2)22-19(15)23)20(27)24-9-13(10-24)14-6-4-5-7-16(14)29-3/h4-8,11,13,18H,9-10,12H2,1-3H3. The number of urea groups is 1. The van der Waals surface area contributed by atoms with Gasteiger partial charge in [-0.05, 0) is 6.07 Å². The Kier molecular flexibility index (Phi) is 5.06. The summed E-state index contributed by atoms with van der Waals surface area (Å²) in [5, 5.41) is 0. The Morgan fingerprint density at radius 3 is 2.72 bits per heavy atom. The first-order valence-electron chi connectivity index (χ1n) is 9.33. The number of likely N-dealkylation sites (tertiary alicyclic amines) is 1. The molecule has 2 amide bonds. The van der Waals surface area contributed by atoms with Crippen LogP contribution in [-0.2, 0) is 16.1 Å². The van der Waals surface area contributed by atoms with Gasteiger partial charge in [0.15, 0.2) is 24.1 Å². The maximum absolute atomic E-state index is 13.2. The summed E-state index contributed by atoms with van der Waals surface area (Å²) < 4.78 is 10.5. The van der Waals surface area contributed by atoms with Gasteiger partial charge in [0.1, 0.15) is 18.0 Å². The van der Waals surface area contributed by atoms with Crippen LogP contribution in [0.3, 0.4) is 0 Å². The Morgan fingerprint density at radius 2 is 2.03 bits per heavy atom. The highest BCUT2D eigenvalue weighted by Gasteiger charge is 2.44. The molecule has 2 aliphatic heterocycles. The molecule has 9 heteroatoms. The lowest BCUT2D eigenvalue weighted by Gasteiger charge is -2.42. The largest absolute Gasteiger partial charge is 0.496 e. The van der Waals surface area contributed by atoms with Crippen molar-refractivity contribution in [2.45, 2.75) is 18.7 Å². The van der Waals surface area contributed by atoms with Crippen LogP contribution in [0.2, 0.25) is 0 Å². The predicted octanol–water partition coefficient (Wildman–Crippen LogP) is 1.63. The third kappa shape index (κ3) is 3.17. The van der Waals surface area contributed by atoms with E-state index in [-0.39, 0.29) is 18.6 Å². The van der Waals surface area contributed by atoms with E-state index in [1.54, 1.807) is 37.3 Å². The van der Waals surface area contributed by atoms with Gasteiger partial charge in [-0.25, -0.2) is 14.8 Å². The number of carbonyl (C=O) groups is 2. The molecule has 152 valence electrons. The van der Waals surface area contributed by atoms with Crippen LogP contribution in [0.4, 0.5) is 16.3 Å². The van der Waals surface area contributed by atoms with Gasteiger partial charge < -0.3 is 19.3 Å². The molecule has 0 N–H and O–H groups in total. The number of fused-ring (bicyclic) bond motifs is 1. The average Bonchev–Trinajstić information content (AvgIpc) is 2.99. The van der Waals surface area contributed by atoms with Crippen molar-refractivity contribution >= 4 is 23.8 Å². The Bertz CT molecular complexity index is 931. The lowest BCUT2D eigenvalue weighted by molar-refractivity contribution is -0.108. The van der Waals surface area contributed by atoms with Crippen molar-refractivity contribution in [1.82, 2.24) is 14.9 Å². The van der Waals surface area contributed by atoms with E-state index >= 15 is 0 Å². The average molecular weight is 397 g/mol. The quantitative estimate of drug-likeness (QED) is 0.709. The molecule has 9 nitrogen and oxygen atoms in total. The van der Waals surface area contributed by atoms with Crippen molar-refractivity contribution < 1.29 is 19.1 Å². The molecular formula is C20H23N5O4. The molecule has 0 saturated carbocycles. The zero-order valence-corrected chi connectivity index (χ0v) is 16.6. The van der Waals surface area contributed by atoms with Crippen LogP contribution in [0, 0.1) is 0 Å². The van der Waals surface area contributed by atoms with E-state index < -0.39 is 6.17 Å². The Hall–Kier alpha value is -3.20. The van der Waals surface area contributed by atoms with Gasteiger partial charge in [-0.15, -0.1) is 0 Å². The van der Waals surface area contributed by atoms with Gasteiger partial charge in [0, 0.05) is 38.7 Å². The highest BCUT2D eigenvalue weighted by Crippen LogP contribution is 2.39. The number of ether oxygens (including phenoxy) is 2. The lowest BCUT2D eigenvalue weighted by Crippen LogP contribution is -2.57. The van der Waals surface area contributed by atoms with Crippen LogP contribution in [0.15, 0.2) is 30.5 Å². The molecule has 2 aliphatic rings. The predicted molar refractivity (Wildman–Crippen MR) is 106 cm³/mol. The minimum atomic E-state index is -0.755. The fourth-order valence-corrected chi connectivity index (χ4v) is 3.83. The van der Waals surface area contributed by atoms with Gasteiger partial charge in [-0.3, -0.25) is 9.69 Å². The SMILES string of the molecule is COCc1ncc2c(n1)N(C)C(C=O)N2C(=O)N1CC(c2ccccc2OC)C1. The number of likely N-dealkylation sites (N-methyl/N-ethyl adjacent to an activating group) is 1. The Balaban J connectivity index is 1.54. The number of carbonyl (C=O) groups excluding carboxylic acids is 2. The van der Waals surface area contributed by atoms with E-state index in [9.17, 15) is 9.59 Å². The van der Waals surface area contributed by atoms with E-state index in [4.69, 9.17) is 9.47 Å².